The molecule has 2 atom stereocenters. The molecule has 1 fully saturated rings. The highest BCUT2D eigenvalue weighted by molar-refractivity contribution is 5.98. The van der Waals surface area contributed by atoms with Crippen molar-refractivity contribution in [3.05, 3.63) is 65.0 Å². The van der Waals surface area contributed by atoms with Crippen molar-refractivity contribution in [1.29, 1.82) is 0 Å². The van der Waals surface area contributed by atoms with Crippen molar-refractivity contribution < 1.29 is 18.4 Å². The number of halogens is 2. The number of amides is 2. The van der Waals surface area contributed by atoms with Crippen molar-refractivity contribution in [3.63, 3.8) is 0 Å². The van der Waals surface area contributed by atoms with Crippen molar-refractivity contribution >= 4 is 11.8 Å². The van der Waals surface area contributed by atoms with Crippen LogP contribution in [0.2, 0.25) is 0 Å². The van der Waals surface area contributed by atoms with Crippen LogP contribution >= 0.6 is 0 Å². The van der Waals surface area contributed by atoms with Gasteiger partial charge in [0.15, 0.2) is 0 Å². The molecule has 1 aliphatic heterocycles. The molecule has 0 saturated carbocycles. The highest BCUT2D eigenvalue weighted by Crippen LogP contribution is 2.32. The molecule has 2 amide bonds. The third-order valence-corrected chi connectivity index (χ3v) is 5.95. The fourth-order valence-electron chi connectivity index (χ4n) is 3.96. The molecule has 172 valence electrons. The number of benzene rings is 1. The number of rotatable bonds is 8. The van der Waals surface area contributed by atoms with Gasteiger partial charge in [0.1, 0.15) is 5.69 Å². The first-order valence-corrected chi connectivity index (χ1v) is 11.0. The molecule has 3 rings (SSSR count). The van der Waals surface area contributed by atoms with Crippen LogP contribution in [0.1, 0.15) is 64.2 Å². The molecule has 2 unspecified atom stereocenters. The maximum atomic E-state index is 13.9. The molecule has 2 aromatic rings. The molecule has 32 heavy (non-hydrogen) atoms. The smallest absolute Gasteiger partial charge is 0.269 e. The lowest BCUT2D eigenvalue weighted by Crippen LogP contribution is -2.46. The number of hydrogen-bond acceptors (Lipinski definition) is 4. The Kier molecular flexibility index (Phi) is 7.90. The Bertz CT molecular complexity index is 937. The predicted octanol–water partition coefficient (Wildman–Crippen LogP) is 3.35. The van der Waals surface area contributed by atoms with E-state index in [1.165, 1.54) is 13.1 Å². The Labute approximate surface area is 187 Å². The van der Waals surface area contributed by atoms with Gasteiger partial charge < -0.3 is 16.0 Å². The lowest BCUT2D eigenvalue weighted by Gasteiger charge is -2.31. The lowest BCUT2D eigenvalue weighted by molar-refractivity contribution is -0.0762. The van der Waals surface area contributed by atoms with Gasteiger partial charge >= 0.3 is 0 Å². The molecule has 0 aliphatic carbocycles. The van der Waals surface area contributed by atoms with Gasteiger partial charge in [0, 0.05) is 36.7 Å². The highest BCUT2D eigenvalue weighted by atomic mass is 19.3. The zero-order valence-corrected chi connectivity index (χ0v) is 18.5. The van der Waals surface area contributed by atoms with Crippen LogP contribution in [-0.4, -0.2) is 49.4 Å². The number of alkyl halides is 2. The number of pyridine rings is 1. The van der Waals surface area contributed by atoms with Crippen molar-refractivity contribution in [2.75, 3.05) is 26.7 Å². The Hall–Kier alpha value is -2.87. The monoisotopic (exact) mass is 444 g/mol. The molecule has 0 radical (unpaired) electrons. The fraction of sp³-hybridized carbons (Fsp3) is 0.458. The summed E-state index contributed by atoms with van der Waals surface area (Å²) in [4.78, 5) is 29.4. The molecule has 8 heteroatoms. The van der Waals surface area contributed by atoms with Crippen LogP contribution in [0.15, 0.2) is 42.5 Å². The number of piperidine rings is 1. The van der Waals surface area contributed by atoms with E-state index >= 15 is 0 Å². The summed E-state index contributed by atoms with van der Waals surface area (Å²) >= 11 is 0. The molecule has 6 nitrogen and oxygen atoms in total. The van der Waals surface area contributed by atoms with Crippen LogP contribution in [0.4, 0.5) is 8.78 Å². The minimum absolute atomic E-state index is 0.116. The van der Waals surface area contributed by atoms with E-state index in [9.17, 15) is 18.4 Å². The summed E-state index contributed by atoms with van der Waals surface area (Å²) in [6.45, 7) is 2.56. The summed E-state index contributed by atoms with van der Waals surface area (Å²) in [5.74, 6) is -4.22. The van der Waals surface area contributed by atoms with Crippen LogP contribution in [-0.2, 0) is 0 Å². The summed E-state index contributed by atoms with van der Waals surface area (Å²) < 4.78 is 27.9. The van der Waals surface area contributed by atoms with Crippen molar-refractivity contribution in [3.8, 4) is 0 Å². The molecular weight excluding hydrogens is 414 g/mol. The quantitative estimate of drug-likeness (QED) is 0.546. The van der Waals surface area contributed by atoms with Crippen LogP contribution in [0.3, 0.4) is 0 Å². The topological polar surface area (TPSA) is 83.1 Å². The van der Waals surface area contributed by atoms with Gasteiger partial charge in [0.05, 0.1) is 6.54 Å². The molecule has 0 spiro atoms. The van der Waals surface area contributed by atoms with Crippen molar-refractivity contribution in [1.82, 2.24) is 20.9 Å². The summed E-state index contributed by atoms with van der Waals surface area (Å²) in [7, 11) is 1.51. The second kappa shape index (κ2) is 10.6. The summed E-state index contributed by atoms with van der Waals surface area (Å²) in [6, 6.07) is 12.8. The highest BCUT2D eigenvalue weighted by Gasteiger charge is 2.40. The third kappa shape index (κ3) is 5.88. The SMILES string of the molecule is CNC(=O)c1cc(C(=O)NCCCC2CCNCC2(F)F)cc(C(C)c2ccccc2)n1. The minimum Gasteiger partial charge on any atom is -0.354 e. The van der Waals surface area contributed by atoms with Crippen molar-refractivity contribution in [2.24, 2.45) is 5.92 Å². The largest absolute Gasteiger partial charge is 0.354 e. The normalized spacial score (nSPS) is 18.6. The number of nitrogens with one attached hydrogen (secondary N) is 3. The van der Waals surface area contributed by atoms with Gasteiger partial charge in [-0.25, -0.2) is 13.8 Å². The Morgan fingerprint density at radius 1 is 1.22 bits per heavy atom. The Morgan fingerprint density at radius 2 is 1.97 bits per heavy atom. The second-order valence-corrected chi connectivity index (χ2v) is 8.20. The average molecular weight is 445 g/mol. The van der Waals surface area contributed by atoms with Gasteiger partial charge in [-0.2, -0.15) is 0 Å². The molecule has 2 heterocycles. The predicted molar refractivity (Wildman–Crippen MR) is 119 cm³/mol. The maximum Gasteiger partial charge on any atom is 0.269 e. The van der Waals surface area contributed by atoms with E-state index in [4.69, 9.17) is 0 Å². The van der Waals surface area contributed by atoms with E-state index in [2.05, 4.69) is 20.9 Å². The van der Waals surface area contributed by atoms with E-state index in [0.29, 0.717) is 43.6 Å². The van der Waals surface area contributed by atoms with Crippen LogP contribution < -0.4 is 16.0 Å². The Balaban J connectivity index is 1.68. The fourth-order valence-corrected chi connectivity index (χ4v) is 3.96. The van der Waals surface area contributed by atoms with E-state index in [-0.39, 0.29) is 30.0 Å². The molecular formula is C24H30F2N4O2. The van der Waals surface area contributed by atoms with Crippen molar-refractivity contribution in [2.45, 2.75) is 38.0 Å². The average Bonchev–Trinajstić information content (AvgIpc) is 2.81. The molecule has 1 aromatic heterocycles. The lowest BCUT2D eigenvalue weighted by atomic mass is 9.89. The number of nitrogens with zero attached hydrogens (tertiary/aromatic N) is 1. The summed E-state index contributed by atoms with van der Waals surface area (Å²) in [5, 5.41) is 8.06. The van der Waals surface area contributed by atoms with Gasteiger partial charge in [-0.3, -0.25) is 9.59 Å². The van der Waals surface area contributed by atoms with E-state index in [1.54, 1.807) is 6.07 Å². The second-order valence-electron chi connectivity index (χ2n) is 8.20. The molecule has 3 N–H and O–H groups in total. The zero-order chi connectivity index (χ0) is 23.1. The van der Waals surface area contributed by atoms with Gasteiger partial charge in [-0.1, -0.05) is 37.3 Å². The number of carbonyl (C=O) groups is 2. The van der Waals surface area contributed by atoms with Crippen LogP contribution in [0.5, 0.6) is 0 Å². The maximum absolute atomic E-state index is 13.9. The summed E-state index contributed by atoms with van der Waals surface area (Å²) in [6.07, 6.45) is 1.25. The zero-order valence-electron chi connectivity index (χ0n) is 18.5. The van der Waals surface area contributed by atoms with E-state index < -0.39 is 11.8 Å². The summed E-state index contributed by atoms with van der Waals surface area (Å²) in [5.41, 5.74) is 2.11. The van der Waals surface area contributed by atoms with Gasteiger partial charge in [0.25, 0.3) is 17.7 Å². The van der Waals surface area contributed by atoms with E-state index in [1.807, 2.05) is 37.3 Å². The third-order valence-electron chi connectivity index (χ3n) is 5.95. The first-order chi connectivity index (χ1) is 15.3. The molecule has 1 saturated heterocycles. The Morgan fingerprint density at radius 3 is 2.66 bits per heavy atom. The minimum atomic E-state index is -2.71. The standard InChI is InChI=1S/C24H30F2N4O2/c1-16(17-7-4-3-5-8-17)20-13-18(14-21(30-20)23(32)27-2)22(31)29-11-6-9-19-10-12-28-15-24(19,25)26/h3-5,7-8,13-14,16,19,28H,6,9-12,15H2,1-2H3,(H,27,32)(H,29,31). The van der Waals surface area contributed by atoms with Gasteiger partial charge in [0.2, 0.25) is 0 Å². The number of aromatic nitrogens is 1. The van der Waals surface area contributed by atoms with Crippen LogP contribution in [0, 0.1) is 5.92 Å². The van der Waals surface area contributed by atoms with Gasteiger partial charge in [-0.15, -0.1) is 0 Å². The number of hydrogen-bond donors (Lipinski definition) is 3. The van der Waals surface area contributed by atoms with Gasteiger partial charge in [-0.05, 0) is 43.5 Å². The van der Waals surface area contributed by atoms with E-state index in [0.717, 1.165) is 5.56 Å². The first-order valence-electron chi connectivity index (χ1n) is 11.0. The molecule has 0 bridgehead atoms. The molecule has 1 aromatic carbocycles. The molecule has 1 aliphatic rings. The van der Waals surface area contributed by atoms with Crippen LogP contribution in [0.25, 0.3) is 0 Å². The number of carbonyl (C=O) groups excluding carboxylic acids is 2. The first kappa shape index (κ1) is 23.8.